The number of rotatable bonds is 8. The number of anilines is 1. The van der Waals surface area contributed by atoms with E-state index in [0.29, 0.717) is 11.2 Å². The molecule has 152 valence electrons. The van der Waals surface area contributed by atoms with Crippen LogP contribution in [0.3, 0.4) is 0 Å². The second kappa shape index (κ2) is 10.3. The van der Waals surface area contributed by atoms with Crippen LogP contribution in [0.2, 0.25) is 0 Å². The van der Waals surface area contributed by atoms with Gasteiger partial charge in [-0.3, -0.25) is 9.80 Å². The van der Waals surface area contributed by atoms with E-state index in [1.165, 1.54) is 22.5 Å². The first kappa shape index (κ1) is 20.4. The van der Waals surface area contributed by atoms with Gasteiger partial charge in [-0.1, -0.05) is 60.7 Å². The van der Waals surface area contributed by atoms with Crippen LogP contribution in [-0.4, -0.2) is 53.3 Å². The van der Waals surface area contributed by atoms with E-state index in [1.807, 2.05) is 11.8 Å². The molecule has 1 aromatic heterocycles. The van der Waals surface area contributed by atoms with E-state index in [0.717, 1.165) is 49.9 Å². The molecule has 0 spiro atoms. The van der Waals surface area contributed by atoms with Gasteiger partial charge in [0.2, 0.25) is 0 Å². The first-order valence-corrected chi connectivity index (χ1v) is 12.2. The Morgan fingerprint density at radius 3 is 2.10 bits per heavy atom. The van der Waals surface area contributed by atoms with Gasteiger partial charge in [-0.05, 0) is 11.1 Å². The summed E-state index contributed by atoms with van der Waals surface area (Å²) >= 11 is 3.47. The lowest BCUT2D eigenvalue weighted by molar-refractivity contribution is 0.114. The monoisotopic (exact) mass is 424 g/mol. The van der Waals surface area contributed by atoms with Crippen molar-refractivity contribution in [3.8, 4) is 0 Å². The Bertz CT molecular complexity index is 821. The summed E-state index contributed by atoms with van der Waals surface area (Å²) in [5, 5.41) is 2.73. The minimum atomic E-state index is 0.337. The predicted molar refractivity (Wildman–Crippen MR) is 125 cm³/mol. The minimum Gasteiger partial charge on any atom is -0.375 e. The van der Waals surface area contributed by atoms with Crippen molar-refractivity contribution in [2.75, 3.05) is 44.2 Å². The van der Waals surface area contributed by atoms with Gasteiger partial charge in [0.15, 0.2) is 5.13 Å². The minimum absolute atomic E-state index is 0.337. The average Bonchev–Trinajstić information content (AvgIpc) is 3.19. The molecule has 6 heteroatoms. The van der Waals surface area contributed by atoms with Gasteiger partial charge < -0.3 is 5.73 Å². The highest BCUT2D eigenvalue weighted by molar-refractivity contribution is 7.98. The molecule has 0 radical (unpaired) electrons. The van der Waals surface area contributed by atoms with Crippen LogP contribution >= 0.6 is 23.1 Å². The Labute approximate surface area is 181 Å². The van der Waals surface area contributed by atoms with Crippen LogP contribution in [0.1, 0.15) is 22.9 Å². The summed E-state index contributed by atoms with van der Waals surface area (Å²) in [4.78, 5) is 9.56. The molecule has 4 rings (SSSR count). The molecule has 1 aliphatic heterocycles. The quantitative estimate of drug-likeness (QED) is 0.544. The van der Waals surface area contributed by atoms with Crippen LogP contribution in [0.15, 0.2) is 66.0 Å². The van der Waals surface area contributed by atoms with E-state index < -0.39 is 0 Å². The van der Waals surface area contributed by atoms with Gasteiger partial charge in [-0.2, -0.15) is 11.8 Å². The molecule has 1 aliphatic rings. The fraction of sp³-hybridized carbons (Fsp3) is 0.348. The number of nitrogens with two attached hydrogens (primary N) is 1. The van der Waals surface area contributed by atoms with Crippen molar-refractivity contribution in [3.05, 3.63) is 82.9 Å². The van der Waals surface area contributed by atoms with E-state index in [4.69, 9.17) is 5.73 Å². The highest BCUT2D eigenvalue weighted by atomic mass is 32.2. The molecular formula is C23H28N4S2. The molecule has 2 N–H and O–H groups in total. The summed E-state index contributed by atoms with van der Waals surface area (Å²) in [5.41, 5.74) is 9.57. The maximum absolute atomic E-state index is 5.71. The molecule has 0 bridgehead atoms. The summed E-state index contributed by atoms with van der Waals surface area (Å²) < 4.78 is 0. The van der Waals surface area contributed by atoms with E-state index in [-0.39, 0.29) is 0 Å². The van der Waals surface area contributed by atoms with E-state index >= 15 is 0 Å². The lowest BCUT2D eigenvalue weighted by Crippen LogP contribution is -2.48. The molecule has 2 heterocycles. The summed E-state index contributed by atoms with van der Waals surface area (Å²) in [5.74, 6) is 2.09. The molecule has 0 unspecified atom stereocenters. The molecule has 1 fully saturated rings. The number of thiazole rings is 1. The maximum atomic E-state index is 5.71. The first-order chi connectivity index (χ1) is 14.3. The number of hydrogen-bond acceptors (Lipinski definition) is 6. The average molecular weight is 425 g/mol. The van der Waals surface area contributed by atoms with Crippen molar-refractivity contribution in [3.63, 3.8) is 0 Å². The zero-order valence-electron chi connectivity index (χ0n) is 16.6. The third-order valence-corrected chi connectivity index (χ3v) is 7.07. The Morgan fingerprint density at radius 1 is 0.931 bits per heavy atom. The fourth-order valence-corrected chi connectivity index (χ4v) is 5.45. The Hall–Kier alpha value is -1.86. The van der Waals surface area contributed by atoms with Gasteiger partial charge in [-0.15, -0.1) is 11.3 Å². The standard InChI is InChI=1S/C23H28N4S2/c24-23-25-21(18-29-23)17-28-16-15-26-11-13-27(14-12-26)22(19-7-3-1-4-8-19)20-9-5-2-6-10-20/h1-10,18,22H,11-17H2,(H2,24,25). The summed E-state index contributed by atoms with van der Waals surface area (Å²) in [7, 11) is 0. The molecule has 0 saturated carbocycles. The molecule has 1 saturated heterocycles. The molecule has 4 nitrogen and oxygen atoms in total. The zero-order valence-corrected chi connectivity index (χ0v) is 18.2. The van der Waals surface area contributed by atoms with Crippen molar-refractivity contribution in [2.45, 2.75) is 11.8 Å². The Morgan fingerprint density at radius 2 is 1.55 bits per heavy atom. The van der Waals surface area contributed by atoms with Crippen LogP contribution in [0.25, 0.3) is 0 Å². The molecule has 3 aromatic rings. The van der Waals surface area contributed by atoms with E-state index in [9.17, 15) is 0 Å². The number of nitrogens with zero attached hydrogens (tertiary/aromatic N) is 3. The molecule has 2 aromatic carbocycles. The maximum Gasteiger partial charge on any atom is 0.180 e. The number of benzene rings is 2. The van der Waals surface area contributed by atoms with Gasteiger partial charge in [0.1, 0.15) is 0 Å². The van der Waals surface area contributed by atoms with Gasteiger partial charge in [0.05, 0.1) is 11.7 Å². The van der Waals surface area contributed by atoms with Gasteiger partial charge in [0.25, 0.3) is 0 Å². The van der Waals surface area contributed by atoms with Crippen molar-refractivity contribution in [1.29, 1.82) is 0 Å². The number of nitrogen functional groups attached to an aromatic ring is 1. The topological polar surface area (TPSA) is 45.4 Å². The molecule has 0 amide bonds. The zero-order chi connectivity index (χ0) is 19.9. The molecule has 0 atom stereocenters. The third-order valence-electron chi connectivity index (χ3n) is 5.37. The van der Waals surface area contributed by atoms with Crippen LogP contribution in [0.5, 0.6) is 0 Å². The first-order valence-electron chi connectivity index (χ1n) is 10.1. The third kappa shape index (κ3) is 5.60. The van der Waals surface area contributed by atoms with Crippen LogP contribution in [0, 0.1) is 0 Å². The van der Waals surface area contributed by atoms with Crippen molar-refractivity contribution < 1.29 is 0 Å². The summed E-state index contributed by atoms with van der Waals surface area (Å²) in [6.45, 7) is 5.59. The Kier molecular flexibility index (Phi) is 7.22. The van der Waals surface area contributed by atoms with Crippen molar-refractivity contribution in [1.82, 2.24) is 14.8 Å². The second-order valence-electron chi connectivity index (χ2n) is 7.33. The number of hydrogen-bond donors (Lipinski definition) is 1. The predicted octanol–water partition coefficient (Wildman–Crippen LogP) is 4.37. The van der Waals surface area contributed by atoms with E-state index in [1.54, 1.807) is 0 Å². The summed E-state index contributed by atoms with van der Waals surface area (Å²) in [6.07, 6.45) is 0. The molecule has 29 heavy (non-hydrogen) atoms. The van der Waals surface area contributed by atoms with Crippen LogP contribution in [-0.2, 0) is 5.75 Å². The smallest absolute Gasteiger partial charge is 0.180 e. The molecular weight excluding hydrogens is 396 g/mol. The second-order valence-corrected chi connectivity index (χ2v) is 9.33. The lowest BCUT2D eigenvalue weighted by atomic mass is 9.96. The highest BCUT2D eigenvalue weighted by Crippen LogP contribution is 2.29. The van der Waals surface area contributed by atoms with Gasteiger partial charge in [0, 0.05) is 49.6 Å². The van der Waals surface area contributed by atoms with E-state index in [2.05, 4.69) is 80.8 Å². The van der Waals surface area contributed by atoms with Gasteiger partial charge in [-0.25, -0.2) is 4.98 Å². The van der Waals surface area contributed by atoms with Crippen molar-refractivity contribution in [2.24, 2.45) is 0 Å². The summed E-state index contributed by atoms with van der Waals surface area (Å²) in [6, 6.07) is 22.1. The largest absolute Gasteiger partial charge is 0.375 e. The van der Waals surface area contributed by atoms with Gasteiger partial charge >= 0.3 is 0 Å². The normalized spacial score (nSPS) is 15.8. The number of aromatic nitrogens is 1. The van der Waals surface area contributed by atoms with Crippen LogP contribution < -0.4 is 5.73 Å². The lowest BCUT2D eigenvalue weighted by Gasteiger charge is -2.39. The van der Waals surface area contributed by atoms with Crippen LogP contribution in [0.4, 0.5) is 5.13 Å². The fourth-order valence-electron chi connectivity index (χ4n) is 3.89. The number of piperazine rings is 1. The van der Waals surface area contributed by atoms with Crippen molar-refractivity contribution >= 4 is 28.2 Å². The Balaban J connectivity index is 1.30. The molecule has 0 aliphatic carbocycles. The SMILES string of the molecule is Nc1nc(CSCCN2CCN(C(c3ccccc3)c3ccccc3)CC2)cs1. The highest BCUT2D eigenvalue weighted by Gasteiger charge is 2.26. The number of thioether (sulfide) groups is 1.